The van der Waals surface area contributed by atoms with Gasteiger partial charge < -0.3 is 4.74 Å². The average Bonchev–Trinajstić information content (AvgIpc) is 2.31. The Balaban J connectivity index is 2.57. The van der Waals surface area contributed by atoms with Crippen molar-refractivity contribution in [1.82, 2.24) is 4.98 Å². The first kappa shape index (κ1) is 6.79. The van der Waals surface area contributed by atoms with Crippen LogP contribution >= 0.6 is 15.9 Å². The van der Waals surface area contributed by atoms with Gasteiger partial charge in [-0.3, -0.25) is 9.78 Å². The van der Waals surface area contributed by atoms with Gasteiger partial charge in [0.2, 0.25) is 0 Å². The molecule has 3 nitrogen and oxygen atoms in total. The minimum absolute atomic E-state index is 0.237. The third kappa shape index (κ3) is 1.03. The van der Waals surface area contributed by atoms with E-state index in [1.165, 1.54) is 0 Å². The molecule has 56 valence electrons. The van der Waals surface area contributed by atoms with Gasteiger partial charge in [-0.25, -0.2) is 0 Å². The SMILES string of the molecule is O=C1Cc2nccc(Br)c2O1. The number of ether oxygens (including phenoxy) is 1. The second-order valence-electron chi connectivity index (χ2n) is 2.22. The molecule has 11 heavy (non-hydrogen) atoms. The fourth-order valence-corrected chi connectivity index (χ4v) is 1.41. The summed E-state index contributed by atoms with van der Waals surface area (Å²) in [5, 5.41) is 0. The van der Waals surface area contributed by atoms with Crippen molar-refractivity contribution in [2.45, 2.75) is 6.42 Å². The van der Waals surface area contributed by atoms with Crippen LogP contribution < -0.4 is 4.74 Å². The normalized spacial score (nSPS) is 14.5. The molecule has 1 aliphatic rings. The van der Waals surface area contributed by atoms with E-state index in [1.54, 1.807) is 12.3 Å². The van der Waals surface area contributed by atoms with Crippen LogP contribution in [0.5, 0.6) is 5.75 Å². The monoisotopic (exact) mass is 213 g/mol. The quantitative estimate of drug-likeness (QED) is 0.611. The van der Waals surface area contributed by atoms with Crippen molar-refractivity contribution >= 4 is 21.9 Å². The number of hydrogen-bond donors (Lipinski definition) is 0. The maximum Gasteiger partial charge on any atom is 0.317 e. The first-order chi connectivity index (χ1) is 5.27. The van der Waals surface area contributed by atoms with Crippen molar-refractivity contribution in [1.29, 1.82) is 0 Å². The molecule has 0 aliphatic carbocycles. The van der Waals surface area contributed by atoms with Crippen LogP contribution in [0.4, 0.5) is 0 Å². The summed E-state index contributed by atoms with van der Waals surface area (Å²) < 4.78 is 5.67. The molecule has 0 amide bonds. The zero-order valence-electron chi connectivity index (χ0n) is 5.50. The number of esters is 1. The van der Waals surface area contributed by atoms with E-state index < -0.39 is 0 Å². The first-order valence-electron chi connectivity index (χ1n) is 3.11. The van der Waals surface area contributed by atoms with Crippen LogP contribution in [-0.4, -0.2) is 11.0 Å². The van der Waals surface area contributed by atoms with Crippen LogP contribution in [-0.2, 0) is 11.2 Å². The largest absolute Gasteiger partial charge is 0.423 e. The molecule has 2 heterocycles. The van der Waals surface area contributed by atoms with E-state index in [9.17, 15) is 4.79 Å². The summed E-state index contributed by atoms with van der Waals surface area (Å²) in [5.74, 6) is 0.330. The van der Waals surface area contributed by atoms with E-state index in [2.05, 4.69) is 20.9 Å². The van der Waals surface area contributed by atoms with Crippen LogP contribution in [0.15, 0.2) is 16.7 Å². The molecule has 0 radical (unpaired) electrons. The molecule has 2 rings (SSSR count). The third-order valence-corrected chi connectivity index (χ3v) is 2.08. The van der Waals surface area contributed by atoms with Gasteiger partial charge in [0.05, 0.1) is 16.6 Å². The molecular weight excluding hydrogens is 210 g/mol. The van der Waals surface area contributed by atoms with Crippen LogP contribution in [0.3, 0.4) is 0 Å². The van der Waals surface area contributed by atoms with Gasteiger partial charge in [0.25, 0.3) is 0 Å². The van der Waals surface area contributed by atoms with Gasteiger partial charge >= 0.3 is 5.97 Å². The third-order valence-electron chi connectivity index (χ3n) is 1.46. The number of carbonyl (C=O) groups is 1. The lowest BCUT2D eigenvalue weighted by Gasteiger charge is -1.96. The number of pyridine rings is 1. The number of rotatable bonds is 0. The fourth-order valence-electron chi connectivity index (χ4n) is 0.985. The summed E-state index contributed by atoms with van der Waals surface area (Å²) in [5.41, 5.74) is 0.712. The summed E-state index contributed by atoms with van der Waals surface area (Å²) in [6.07, 6.45) is 1.93. The molecule has 0 spiro atoms. The predicted molar refractivity (Wildman–Crippen MR) is 41.3 cm³/mol. The van der Waals surface area contributed by atoms with E-state index >= 15 is 0 Å². The predicted octanol–water partition coefficient (Wildman–Crippen LogP) is 1.31. The Bertz CT molecular complexity index is 324. The summed E-state index contributed by atoms with van der Waals surface area (Å²) in [6, 6.07) is 1.75. The highest BCUT2D eigenvalue weighted by Crippen LogP contribution is 2.31. The van der Waals surface area contributed by atoms with Gasteiger partial charge in [-0.15, -0.1) is 0 Å². The van der Waals surface area contributed by atoms with Crippen molar-refractivity contribution in [2.24, 2.45) is 0 Å². The second kappa shape index (κ2) is 2.30. The minimum Gasteiger partial charge on any atom is -0.423 e. The van der Waals surface area contributed by atoms with Crippen LogP contribution in [0.1, 0.15) is 5.69 Å². The molecule has 4 heteroatoms. The molecule has 0 bridgehead atoms. The van der Waals surface area contributed by atoms with E-state index in [1.807, 2.05) is 0 Å². The van der Waals surface area contributed by atoms with Crippen molar-refractivity contribution in [3.8, 4) is 5.75 Å². The highest BCUT2D eigenvalue weighted by molar-refractivity contribution is 9.10. The van der Waals surface area contributed by atoms with E-state index in [4.69, 9.17) is 4.74 Å². The molecule has 0 unspecified atom stereocenters. The zero-order chi connectivity index (χ0) is 7.84. The Labute approximate surface area is 71.5 Å². The first-order valence-corrected chi connectivity index (χ1v) is 3.91. The maximum absolute atomic E-state index is 10.8. The Hall–Kier alpha value is -0.900. The van der Waals surface area contributed by atoms with Crippen molar-refractivity contribution in [2.75, 3.05) is 0 Å². The number of aromatic nitrogens is 1. The number of nitrogens with zero attached hydrogens (tertiary/aromatic N) is 1. The average molecular weight is 214 g/mol. The number of carbonyl (C=O) groups excluding carboxylic acids is 1. The molecule has 1 aromatic heterocycles. The highest BCUT2D eigenvalue weighted by Gasteiger charge is 2.23. The topological polar surface area (TPSA) is 39.2 Å². The van der Waals surface area contributed by atoms with Gasteiger partial charge in [-0.05, 0) is 22.0 Å². The highest BCUT2D eigenvalue weighted by atomic mass is 79.9. The number of halogens is 1. The van der Waals surface area contributed by atoms with Gasteiger partial charge in [0, 0.05) is 6.20 Å². The Morgan fingerprint density at radius 1 is 1.64 bits per heavy atom. The fraction of sp³-hybridized carbons (Fsp3) is 0.143. The maximum atomic E-state index is 10.8. The number of fused-ring (bicyclic) bond motifs is 1. The van der Waals surface area contributed by atoms with Crippen molar-refractivity contribution in [3.63, 3.8) is 0 Å². The molecule has 0 fully saturated rings. The smallest absolute Gasteiger partial charge is 0.317 e. The van der Waals surface area contributed by atoms with Crippen LogP contribution in [0.25, 0.3) is 0 Å². The Morgan fingerprint density at radius 3 is 3.18 bits per heavy atom. The molecule has 0 atom stereocenters. The standard InChI is InChI=1S/C7H4BrNO2/c8-4-1-2-9-5-3-6(10)11-7(4)5/h1-2H,3H2. The van der Waals surface area contributed by atoms with Gasteiger partial charge in [0.1, 0.15) is 0 Å². The zero-order valence-corrected chi connectivity index (χ0v) is 7.09. The summed E-state index contributed by atoms with van der Waals surface area (Å²) in [7, 11) is 0. The van der Waals surface area contributed by atoms with E-state index in [0.29, 0.717) is 11.4 Å². The molecule has 0 saturated heterocycles. The van der Waals surface area contributed by atoms with Crippen LogP contribution in [0, 0.1) is 0 Å². The Kier molecular flexibility index (Phi) is 1.42. The lowest BCUT2D eigenvalue weighted by atomic mass is 10.3. The van der Waals surface area contributed by atoms with Crippen molar-refractivity contribution < 1.29 is 9.53 Å². The van der Waals surface area contributed by atoms with Crippen LogP contribution in [0.2, 0.25) is 0 Å². The van der Waals surface area contributed by atoms with Gasteiger partial charge in [-0.2, -0.15) is 0 Å². The molecule has 1 aromatic rings. The van der Waals surface area contributed by atoms with E-state index in [0.717, 1.165) is 4.47 Å². The second-order valence-corrected chi connectivity index (χ2v) is 3.07. The lowest BCUT2D eigenvalue weighted by Crippen LogP contribution is -2.00. The molecular formula is C7H4BrNO2. The summed E-state index contributed by atoms with van der Waals surface area (Å²) in [4.78, 5) is 14.8. The molecule has 0 N–H and O–H groups in total. The lowest BCUT2D eigenvalue weighted by molar-refractivity contribution is -0.131. The molecule has 0 saturated carbocycles. The summed E-state index contributed by atoms with van der Waals surface area (Å²) in [6.45, 7) is 0. The van der Waals surface area contributed by atoms with Crippen molar-refractivity contribution in [3.05, 3.63) is 22.4 Å². The minimum atomic E-state index is -0.237. The Morgan fingerprint density at radius 2 is 2.45 bits per heavy atom. The summed E-state index contributed by atoms with van der Waals surface area (Å²) >= 11 is 3.26. The number of hydrogen-bond acceptors (Lipinski definition) is 3. The van der Waals surface area contributed by atoms with Gasteiger partial charge in [-0.1, -0.05) is 0 Å². The van der Waals surface area contributed by atoms with E-state index in [-0.39, 0.29) is 12.4 Å². The molecule has 1 aliphatic heterocycles. The molecule has 0 aromatic carbocycles. The van der Waals surface area contributed by atoms with Gasteiger partial charge in [0.15, 0.2) is 5.75 Å².